The van der Waals surface area contributed by atoms with Gasteiger partial charge in [0.2, 0.25) is 5.91 Å². The molecule has 0 spiro atoms. The van der Waals surface area contributed by atoms with Gasteiger partial charge in [-0.1, -0.05) is 34.5 Å². The highest BCUT2D eigenvalue weighted by atomic mass is 79.9. The first-order chi connectivity index (χ1) is 10.0. The van der Waals surface area contributed by atoms with Gasteiger partial charge in [-0.05, 0) is 50.3 Å². The van der Waals surface area contributed by atoms with Crippen LogP contribution in [0.3, 0.4) is 0 Å². The van der Waals surface area contributed by atoms with Crippen molar-refractivity contribution in [3.63, 3.8) is 0 Å². The SMILES string of the molecule is CC1(C(=O)N2CCCC2c2cccc(Br)c2)CCCC1N. The summed E-state index contributed by atoms with van der Waals surface area (Å²) < 4.78 is 1.07. The first kappa shape index (κ1) is 15.0. The lowest BCUT2D eigenvalue weighted by atomic mass is 9.83. The number of rotatable bonds is 2. The Morgan fingerprint density at radius 1 is 1.38 bits per heavy atom. The lowest BCUT2D eigenvalue weighted by Crippen LogP contribution is -2.49. The van der Waals surface area contributed by atoms with E-state index in [9.17, 15) is 4.79 Å². The number of benzene rings is 1. The zero-order chi connectivity index (χ0) is 15.0. The quantitative estimate of drug-likeness (QED) is 0.884. The van der Waals surface area contributed by atoms with Crippen molar-refractivity contribution in [1.82, 2.24) is 4.90 Å². The molecule has 1 aliphatic heterocycles. The molecule has 2 N–H and O–H groups in total. The molecule has 2 aliphatic rings. The largest absolute Gasteiger partial charge is 0.335 e. The molecule has 1 aromatic rings. The minimum atomic E-state index is -0.366. The predicted molar refractivity (Wildman–Crippen MR) is 87.8 cm³/mol. The molecular formula is C17H23BrN2O. The van der Waals surface area contributed by atoms with Gasteiger partial charge in [0.15, 0.2) is 0 Å². The zero-order valence-electron chi connectivity index (χ0n) is 12.5. The van der Waals surface area contributed by atoms with Crippen LogP contribution in [0.5, 0.6) is 0 Å². The second-order valence-electron chi connectivity index (χ2n) is 6.63. The van der Waals surface area contributed by atoms with E-state index < -0.39 is 0 Å². The first-order valence-electron chi connectivity index (χ1n) is 7.84. The number of carbonyl (C=O) groups is 1. The summed E-state index contributed by atoms with van der Waals surface area (Å²) in [6.45, 7) is 2.92. The van der Waals surface area contributed by atoms with E-state index in [0.29, 0.717) is 0 Å². The highest BCUT2D eigenvalue weighted by molar-refractivity contribution is 9.10. The summed E-state index contributed by atoms with van der Waals surface area (Å²) in [4.78, 5) is 15.2. The minimum Gasteiger partial charge on any atom is -0.335 e. The highest BCUT2D eigenvalue weighted by Crippen LogP contribution is 2.42. The van der Waals surface area contributed by atoms with Gasteiger partial charge in [0.05, 0.1) is 11.5 Å². The molecule has 4 heteroatoms. The molecule has 0 aromatic heterocycles. The van der Waals surface area contributed by atoms with Crippen LogP contribution in [-0.4, -0.2) is 23.4 Å². The van der Waals surface area contributed by atoms with E-state index in [0.717, 1.165) is 43.1 Å². The van der Waals surface area contributed by atoms with Crippen LogP contribution in [-0.2, 0) is 4.79 Å². The molecule has 2 fully saturated rings. The van der Waals surface area contributed by atoms with E-state index in [-0.39, 0.29) is 23.4 Å². The monoisotopic (exact) mass is 350 g/mol. The fourth-order valence-electron chi connectivity index (χ4n) is 3.86. The van der Waals surface area contributed by atoms with Crippen molar-refractivity contribution in [2.45, 2.75) is 51.1 Å². The maximum atomic E-state index is 13.1. The molecular weight excluding hydrogens is 328 g/mol. The van der Waals surface area contributed by atoms with Gasteiger partial charge in [0.1, 0.15) is 0 Å². The molecule has 1 aliphatic carbocycles. The van der Waals surface area contributed by atoms with Crippen molar-refractivity contribution in [2.75, 3.05) is 6.54 Å². The number of carbonyl (C=O) groups excluding carboxylic acids is 1. The lowest BCUT2D eigenvalue weighted by molar-refractivity contribution is -0.142. The number of hydrogen-bond acceptors (Lipinski definition) is 2. The van der Waals surface area contributed by atoms with Gasteiger partial charge in [0.25, 0.3) is 0 Å². The molecule has 1 saturated heterocycles. The summed E-state index contributed by atoms with van der Waals surface area (Å²) in [5, 5.41) is 0. The van der Waals surface area contributed by atoms with Gasteiger partial charge in [-0.25, -0.2) is 0 Å². The molecule has 1 aromatic carbocycles. The van der Waals surface area contributed by atoms with Crippen molar-refractivity contribution in [1.29, 1.82) is 0 Å². The van der Waals surface area contributed by atoms with Crippen LogP contribution in [0, 0.1) is 5.41 Å². The van der Waals surface area contributed by atoms with Crippen LogP contribution >= 0.6 is 15.9 Å². The van der Waals surface area contributed by atoms with E-state index in [2.05, 4.69) is 39.9 Å². The van der Waals surface area contributed by atoms with Gasteiger partial charge < -0.3 is 10.6 Å². The lowest BCUT2D eigenvalue weighted by Gasteiger charge is -2.35. The van der Waals surface area contributed by atoms with E-state index in [4.69, 9.17) is 5.73 Å². The number of likely N-dealkylation sites (tertiary alicyclic amines) is 1. The average molecular weight is 351 g/mol. The molecule has 0 bridgehead atoms. The van der Waals surface area contributed by atoms with Crippen LogP contribution < -0.4 is 5.73 Å². The minimum absolute atomic E-state index is 0.00811. The van der Waals surface area contributed by atoms with Crippen LogP contribution in [0.25, 0.3) is 0 Å². The third kappa shape index (κ3) is 2.64. The normalized spacial score (nSPS) is 32.6. The Hall–Kier alpha value is -0.870. The van der Waals surface area contributed by atoms with Crippen LogP contribution in [0.1, 0.15) is 50.6 Å². The first-order valence-corrected chi connectivity index (χ1v) is 8.64. The summed E-state index contributed by atoms with van der Waals surface area (Å²) in [5.74, 6) is 0.259. The number of halogens is 1. The summed E-state index contributed by atoms with van der Waals surface area (Å²) in [6.07, 6.45) is 5.09. The van der Waals surface area contributed by atoms with E-state index in [1.54, 1.807) is 0 Å². The molecule has 3 nitrogen and oxygen atoms in total. The summed E-state index contributed by atoms with van der Waals surface area (Å²) in [5.41, 5.74) is 7.10. The fourth-order valence-corrected chi connectivity index (χ4v) is 4.27. The highest BCUT2D eigenvalue weighted by Gasteiger charge is 2.47. The van der Waals surface area contributed by atoms with Gasteiger partial charge in [-0.15, -0.1) is 0 Å². The molecule has 0 radical (unpaired) electrons. The Morgan fingerprint density at radius 2 is 2.19 bits per heavy atom. The number of nitrogens with two attached hydrogens (primary N) is 1. The van der Waals surface area contributed by atoms with Crippen LogP contribution in [0.4, 0.5) is 0 Å². The van der Waals surface area contributed by atoms with Gasteiger partial charge in [-0.3, -0.25) is 4.79 Å². The van der Waals surface area contributed by atoms with E-state index in [1.165, 1.54) is 5.56 Å². The summed E-state index contributed by atoms with van der Waals surface area (Å²) in [7, 11) is 0. The zero-order valence-corrected chi connectivity index (χ0v) is 14.1. The van der Waals surface area contributed by atoms with E-state index in [1.807, 2.05) is 12.1 Å². The van der Waals surface area contributed by atoms with Crippen LogP contribution in [0.15, 0.2) is 28.7 Å². The second-order valence-corrected chi connectivity index (χ2v) is 7.54. The van der Waals surface area contributed by atoms with E-state index >= 15 is 0 Å². The molecule has 1 saturated carbocycles. The Morgan fingerprint density at radius 3 is 2.86 bits per heavy atom. The molecule has 114 valence electrons. The van der Waals surface area contributed by atoms with Gasteiger partial charge >= 0.3 is 0 Å². The van der Waals surface area contributed by atoms with Crippen molar-refractivity contribution in [3.8, 4) is 0 Å². The number of nitrogens with zero attached hydrogens (tertiary/aromatic N) is 1. The fraction of sp³-hybridized carbons (Fsp3) is 0.588. The number of hydrogen-bond donors (Lipinski definition) is 1. The molecule has 3 rings (SSSR count). The Bertz CT molecular complexity index is 547. The average Bonchev–Trinajstić information content (AvgIpc) is 3.07. The third-order valence-electron chi connectivity index (χ3n) is 5.27. The predicted octanol–water partition coefficient (Wildman–Crippen LogP) is 3.63. The molecule has 21 heavy (non-hydrogen) atoms. The molecule has 3 atom stereocenters. The van der Waals surface area contributed by atoms with Crippen molar-refractivity contribution < 1.29 is 4.79 Å². The topological polar surface area (TPSA) is 46.3 Å². The number of amides is 1. The maximum absolute atomic E-state index is 13.1. The standard InChI is InChI=1S/C17H23BrN2O/c1-17(9-3-8-15(17)19)16(21)20-10-4-7-14(20)12-5-2-6-13(18)11-12/h2,5-6,11,14-15H,3-4,7-10,19H2,1H3. The molecule has 1 amide bonds. The van der Waals surface area contributed by atoms with Gasteiger partial charge in [-0.2, -0.15) is 0 Å². The smallest absolute Gasteiger partial charge is 0.230 e. The Labute approximate surface area is 135 Å². The Kier molecular flexibility index (Phi) is 4.10. The summed E-state index contributed by atoms with van der Waals surface area (Å²) in [6, 6.07) is 8.54. The van der Waals surface area contributed by atoms with Gasteiger partial charge in [0, 0.05) is 17.1 Å². The maximum Gasteiger partial charge on any atom is 0.230 e. The molecule has 3 unspecified atom stereocenters. The second kappa shape index (κ2) is 5.73. The van der Waals surface area contributed by atoms with Crippen molar-refractivity contribution in [3.05, 3.63) is 34.3 Å². The molecule has 1 heterocycles. The third-order valence-corrected chi connectivity index (χ3v) is 5.76. The summed E-state index contributed by atoms with van der Waals surface area (Å²) >= 11 is 3.53. The Balaban J connectivity index is 1.86. The van der Waals surface area contributed by atoms with Crippen LogP contribution in [0.2, 0.25) is 0 Å². The van der Waals surface area contributed by atoms with Crippen molar-refractivity contribution in [2.24, 2.45) is 11.1 Å². The van der Waals surface area contributed by atoms with Crippen molar-refractivity contribution >= 4 is 21.8 Å².